The van der Waals surface area contributed by atoms with Crippen LogP contribution in [-0.4, -0.2) is 6.54 Å². The van der Waals surface area contributed by atoms with Crippen LogP contribution >= 0.6 is 0 Å². The first kappa shape index (κ1) is 15.0. The topological polar surface area (TPSA) is 14.1 Å². The van der Waals surface area contributed by atoms with E-state index in [1.165, 1.54) is 32.1 Å². The van der Waals surface area contributed by atoms with Gasteiger partial charge in [-0.15, -0.1) is 12.2 Å². The van der Waals surface area contributed by atoms with Gasteiger partial charge in [-0.25, -0.2) is 0 Å². The van der Waals surface area contributed by atoms with E-state index in [0.29, 0.717) is 0 Å². The number of para-hydroxylation sites is 1. The van der Waals surface area contributed by atoms with Crippen molar-refractivity contribution < 1.29 is 29.6 Å². The predicted molar refractivity (Wildman–Crippen MR) is 63.1 cm³/mol. The zero-order valence-electron chi connectivity index (χ0n) is 10.1. The van der Waals surface area contributed by atoms with E-state index in [9.17, 15) is 0 Å². The predicted octanol–water partition coefficient (Wildman–Crippen LogP) is 1.67. The van der Waals surface area contributed by atoms with Crippen LogP contribution in [0.3, 0.4) is 0 Å². The summed E-state index contributed by atoms with van der Waals surface area (Å²) in [5, 5.41) is 4.50. The molecule has 0 aromatic heterocycles. The van der Waals surface area contributed by atoms with Gasteiger partial charge in [-0.05, 0) is 0 Å². The molecule has 2 heteroatoms. The standard InChI is InChI=1S/C13H20N.Na/c1-2-3-4-5-9-12-14-13-10-7-6-8-11-13;/h6-8,10-11H,2-5,9,12H2,1H3;/q-1;+1. The minimum absolute atomic E-state index is 0. The van der Waals surface area contributed by atoms with Crippen LogP contribution in [0.15, 0.2) is 30.3 Å². The molecule has 0 heterocycles. The van der Waals surface area contributed by atoms with E-state index in [1.807, 2.05) is 18.2 Å². The van der Waals surface area contributed by atoms with E-state index < -0.39 is 0 Å². The molecule has 1 aromatic rings. The first-order valence-electron chi connectivity index (χ1n) is 5.66. The number of unbranched alkanes of at least 4 members (excludes halogenated alkanes) is 4. The number of benzene rings is 1. The summed E-state index contributed by atoms with van der Waals surface area (Å²) in [5.74, 6) is 0. The zero-order chi connectivity index (χ0) is 10.1. The summed E-state index contributed by atoms with van der Waals surface area (Å²) in [6.07, 6.45) is 6.60. The smallest absolute Gasteiger partial charge is 0.684 e. The SMILES string of the molecule is CCCCCCC[N-]c1ccccc1.[Na+]. The van der Waals surface area contributed by atoms with Gasteiger partial charge in [0.15, 0.2) is 0 Å². The Labute approximate surface area is 116 Å². The molecule has 1 rings (SSSR count). The van der Waals surface area contributed by atoms with Gasteiger partial charge in [-0.3, -0.25) is 0 Å². The molecule has 15 heavy (non-hydrogen) atoms. The van der Waals surface area contributed by atoms with Crippen LogP contribution in [0.5, 0.6) is 0 Å². The molecule has 1 nitrogen and oxygen atoms in total. The summed E-state index contributed by atoms with van der Waals surface area (Å²) in [7, 11) is 0. The van der Waals surface area contributed by atoms with Gasteiger partial charge in [0.25, 0.3) is 0 Å². The fourth-order valence-electron chi connectivity index (χ4n) is 1.46. The van der Waals surface area contributed by atoms with Gasteiger partial charge < -0.3 is 5.32 Å². The summed E-state index contributed by atoms with van der Waals surface area (Å²) in [4.78, 5) is 0. The summed E-state index contributed by atoms with van der Waals surface area (Å²) in [6, 6.07) is 10.2. The maximum Gasteiger partial charge on any atom is 1.00 e. The van der Waals surface area contributed by atoms with Gasteiger partial charge >= 0.3 is 29.6 Å². The molecule has 0 fully saturated rings. The van der Waals surface area contributed by atoms with Crippen molar-refractivity contribution in [1.82, 2.24) is 0 Å². The van der Waals surface area contributed by atoms with Crippen molar-refractivity contribution in [3.8, 4) is 0 Å². The Morgan fingerprint density at radius 2 is 1.60 bits per heavy atom. The van der Waals surface area contributed by atoms with Crippen LogP contribution < -0.4 is 29.6 Å². The second-order valence-electron chi connectivity index (χ2n) is 3.63. The van der Waals surface area contributed by atoms with E-state index in [0.717, 1.165) is 12.2 Å². The second kappa shape index (κ2) is 10.5. The molecule has 0 aliphatic carbocycles. The monoisotopic (exact) mass is 213 g/mol. The third-order valence-corrected chi connectivity index (χ3v) is 2.31. The molecule has 0 unspecified atom stereocenters. The van der Waals surface area contributed by atoms with Crippen molar-refractivity contribution in [1.29, 1.82) is 0 Å². The maximum atomic E-state index is 4.50. The third kappa shape index (κ3) is 7.89. The van der Waals surface area contributed by atoms with Crippen LogP contribution in [-0.2, 0) is 0 Å². The molecule has 0 aliphatic heterocycles. The van der Waals surface area contributed by atoms with Crippen LogP contribution in [0.4, 0.5) is 5.69 Å². The number of hydrogen-bond acceptors (Lipinski definition) is 0. The first-order chi connectivity index (χ1) is 6.93. The summed E-state index contributed by atoms with van der Waals surface area (Å²) < 4.78 is 0. The van der Waals surface area contributed by atoms with Gasteiger partial charge in [0.2, 0.25) is 0 Å². The Morgan fingerprint density at radius 1 is 0.933 bits per heavy atom. The van der Waals surface area contributed by atoms with Gasteiger partial charge in [0.05, 0.1) is 0 Å². The molecule has 0 radical (unpaired) electrons. The summed E-state index contributed by atoms with van der Waals surface area (Å²) >= 11 is 0. The molecule has 0 saturated heterocycles. The molecule has 0 amide bonds. The largest absolute Gasteiger partial charge is 1.00 e. The summed E-state index contributed by atoms with van der Waals surface area (Å²) in [5.41, 5.74) is 1.11. The normalized spacial score (nSPS) is 9.40. The Hall–Kier alpha value is 0.0200. The van der Waals surface area contributed by atoms with Crippen molar-refractivity contribution in [2.45, 2.75) is 39.0 Å². The number of hydrogen-bond donors (Lipinski definition) is 0. The van der Waals surface area contributed by atoms with Gasteiger partial charge in [0.1, 0.15) is 0 Å². The van der Waals surface area contributed by atoms with Crippen molar-refractivity contribution in [2.24, 2.45) is 0 Å². The average molecular weight is 213 g/mol. The van der Waals surface area contributed by atoms with Crippen LogP contribution in [0.25, 0.3) is 5.32 Å². The van der Waals surface area contributed by atoms with Crippen molar-refractivity contribution in [3.05, 3.63) is 35.6 Å². The number of nitrogens with zero attached hydrogens (tertiary/aromatic N) is 1. The molecule has 0 N–H and O–H groups in total. The van der Waals surface area contributed by atoms with E-state index in [-0.39, 0.29) is 29.6 Å². The number of rotatable bonds is 7. The fraction of sp³-hybridized carbons (Fsp3) is 0.538. The minimum Gasteiger partial charge on any atom is -0.684 e. The molecule has 0 aliphatic rings. The quantitative estimate of drug-likeness (QED) is 0.483. The van der Waals surface area contributed by atoms with E-state index in [1.54, 1.807) is 0 Å². The second-order valence-corrected chi connectivity index (χ2v) is 3.63. The molecular formula is C13H20NNa. The Morgan fingerprint density at radius 3 is 2.27 bits per heavy atom. The molecular weight excluding hydrogens is 193 g/mol. The van der Waals surface area contributed by atoms with Crippen molar-refractivity contribution in [2.75, 3.05) is 6.54 Å². The molecule has 0 bridgehead atoms. The zero-order valence-corrected chi connectivity index (χ0v) is 12.1. The van der Waals surface area contributed by atoms with Crippen molar-refractivity contribution >= 4 is 5.69 Å². The average Bonchev–Trinajstić information content (AvgIpc) is 2.25. The van der Waals surface area contributed by atoms with E-state index in [4.69, 9.17) is 0 Å². The third-order valence-electron chi connectivity index (χ3n) is 2.31. The molecule has 0 spiro atoms. The van der Waals surface area contributed by atoms with Gasteiger partial charge in [0, 0.05) is 0 Å². The van der Waals surface area contributed by atoms with E-state index in [2.05, 4.69) is 24.4 Å². The molecule has 78 valence electrons. The Balaban J connectivity index is 0.00000196. The minimum atomic E-state index is 0. The van der Waals surface area contributed by atoms with Gasteiger partial charge in [-0.1, -0.05) is 69.4 Å². The maximum absolute atomic E-state index is 4.50. The fourth-order valence-corrected chi connectivity index (χ4v) is 1.46. The molecule has 1 aromatic carbocycles. The molecule has 0 atom stereocenters. The van der Waals surface area contributed by atoms with Crippen LogP contribution in [0.1, 0.15) is 39.0 Å². The van der Waals surface area contributed by atoms with Crippen LogP contribution in [0, 0.1) is 0 Å². The van der Waals surface area contributed by atoms with Gasteiger partial charge in [-0.2, -0.15) is 0 Å². The van der Waals surface area contributed by atoms with Crippen molar-refractivity contribution in [3.63, 3.8) is 0 Å². The molecule has 0 saturated carbocycles. The van der Waals surface area contributed by atoms with E-state index >= 15 is 0 Å². The Kier molecular flexibility index (Phi) is 10.5. The summed E-state index contributed by atoms with van der Waals surface area (Å²) in [6.45, 7) is 3.22. The first-order valence-corrected chi connectivity index (χ1v) is 5.66. The Bertz CT molecular complexity index is 223. The van der Waals surface area contributed by atoms with Crippen LogP contribution in [0.2, 0.25) is 0 Å².